The summed E-state index contributed by atoms with van der Waals surface area (Å²) >= 11 is 0. The van der Waals surface area contributed by atoms with Crippen molar-refractivity contribution in [3.8, 4) is 0 Å². The summed E-state index contributed by atoms with van der Waals surface area (Å²) in [6, 6.07) is 8.57. The summed E-state index contributed by atoms with van der Waals surface area (Å²) < 4.78 is 10.9. The van der Waals surface area contributed by atoms with Crippen LogP contribution in [0.25, 0.3) is 0 Å². The van der Waals surface area contributed by atoms with Gasteiger partial charge in [-0.3, -0.25) is 0 Å². The van der Waals surface area contributed by atoms with Crippen LogP contribution < -0.4 is 0 Å². The summed E-state index contributed by atoms with van der Waals surface area (Å²) in [5, 5.41) is 0. The molecule has 0 atom stereocenters. The predicted molar refractivity (Wildman–Crippen MR) is 76.0 cm³/mol. The first-order chi connectivity index (χ1) is 8.55. The lowest BCUT2D eigenvalue weighted by Crippen LogP contribution is -2.23. The first-order valence-corrected chi connectivity index (χ1v) is 6.75. The Balaban J connectivity index is 2.37. The highest BCUT2D eigenvalue weighted by Crippen LogP contribution is 2.24. The summed E-state index contributed by atoms with van der Waals surface area (Å²) in [6.45, 7) is 11.6. The zero-order valence-electron chi connectivity index (χ0n) is 12.2. The van der Waals surface area contributed by atoms with Crippen molar-refractivity contribution >= 4 is 0 Å². The maximum atomic E-state index is 5.69. The van der Waals surface area contributed by atoms with Crippen LogP contribution in [0.3, 0.4) is 0 Å². The summed E-state index contributed by atoms with van der Waals surface area (Å²) in [6.07, 6.45) is 1.05. The van der Waals surface area contributed by atoms with Crippen LogP contribution in [-0.2, 0) is 15.9 Å². The molecule has 18 heavy (non-hydrogen) atoms. The van der Waals surface area contributed by atoms with Crippen molar-refractivity contribution in [1.29, 1.82) is 0 Å². The van der Waals surface area contributed by atoms with Crippen LogP contribution in [0.1, 0.15) is 31.9 Å². The van der Waals surface area contributed by atoms with E-state index in [1.54, 1.807) is 0 Å². The van der Waals surface area contributed by atoms with Crippen LogP contribution in [-0.4, -0.2) is 26.4 Å². The van der Waals surface area contributed by atoms with Crippen LogP contribution in [0, 0.1) is 12.3 Å². The van der Waals surface area contributed by atoms with E-state index in [-0.39, 0.29) is 5.41 Å². The molecule has 0 radical (unpaired) electrons. The third-order valence-corrected chi connectivity index (χ3v) is 3.00. The molecule has 1 rings (SSSR count). The molecule has 0 aliphatic carbocycles. The quantitative estimate of drug-likeness (QED) is 0.656. The van der Waals surface area contributed by atoms with Gasteiger partial charge in [-0.1, -0.05) is 38.1 Å². The second kappa shape index (κ2) is 7.55. The van der Waals surface area contributed by atoms with Crippen LogP contribution in [0.15, 0.2) is 24.3 Å². The predicted octanol–water partition coefficient (Wildman–Crippen LogP) is 3.62. The molecule has 0 fully saturated rings. The maximum absolute atomic E-state index is 5.69. The summed E-state index contributed by atoms with van der Waals surface area (Å²) in [5.74, 6) is 0. The van der Waals surface area contributed by atoms with Gasteiger partial charge in [0.05, 0.1) is 19.8 Å². The molecule has 0 unspecified atom stereocenters. The van der Waals surface area contributed by atoms with Crippen molar-refractivity contribution < 1.29 is 9.47 Å². The highest BCUT2D eigenvalue weighted by atomic mass is 16.5. The fourth-order valence-corrected chi connectivity index (χ4v) is 1.99. The average Bonchev–Trinajstić information content (AvgIpc) is 2.31. The first kappa shape index (κ1) is 15.2. The molecular weight excluding hydrogens is 224 g/mol. The largest absolute Gasteiger partial charge is 0.379 e. The van der Waals surface area contributed by atoms with E-state index in [9.17, 15) is 0 Å². The van der Waals surface area contributed by atoms with E-state index in [0.29, 0.717) is 13.2 Å². The minimum absolute atomic E-state index is 0.165. The Hall–Kier alpha value is -0.860. The number of ether oxygens (including phenoxy) is 2. The molecule has 0 saturated heterocycles. The van der Waals surface area contributed by atoms with Gasteiger partial charge in [-0.2, -0.15) is 0 Å². The fourth-order valence-electron chi connectivity index (χ4n) is 1.99. The average molecular weight is 250 g/mol. The lowest BCUT2D eigenvalue weighted by molar-refractivity contribution is 0.0178. The van der Waals surface area contributed by atoms with E-state index in [2.05, 4.69) is 45.0 Å². The molecule has 1 aromatic carbocycles. The Morgan fingerprint density at radius 3 is 2.39 bits per heavy atom. The highest BCUT2D eigenvalue weighted by molar-refractivity contribution is 5.26. The Morgan fingerprint density at radius 2 is 1.72 bits per heavy atom. The van der Waals surface area contributed by atoms with Crippen LogP contribution in [0.2, 0.25) is 0 Å². The molecule has 102 valence electrons. The molecule has 0 spiro atoms. The first-order valence-electron chi connectivity index (χ1n) is 6.75. The Morgan fingerprint density at radius 1 is 1.06 bits per heavy atom. The molecule has 0 bridgehead atoms. The van der Waals surface area contributed by atoms with Crippen LogP contribution in [0.4, 0.5) is 0 Å². The zero-order chi connectivity index (χ0) is 13.4. The van der Waals surface area contributed by atoms with E-state index in [1.165, 1.54) is 11.1 Å². The Labute approximate surface area is 111 Å². The third kappa shape index (κ3) is 5.65. The van der Waals surface area contributed by atoms with E-state index in [1.807, 2.05) is 6.92 Å². The SMILES string of the molecule is CCOCCOCC(C)(C)Cc1ccccc1C. The number of rotatable bonds is 8. The molecule has 0 heterocycles. The van der Waals surface area contributed by atoms with Gasteiger partial charge in [-0.25, -0.2) is 0 Å². The standard InChI is InChI=1S/C16H26O2/c1-5-17-10-11-18-13-16(3,4)12-15-9-7-6-8-14(15)2/h6-9H,5,10-13H2,1-4H3. The molecule has 0 amide bonds. The number of hydrogen-bond acceptors (Lipinski definition) is 2. The van der Waals surface area contributed by atoms with Gasteiger partial charge >= 0.3 is 0 Å². The van der Waals surface area contributed by atoms with Crippen molar-refractivity contribution in [1.82, 2.24) is 0 Å². The molecule has 2 heteroatoms. The van der Waals surface area contributed by atoms with Crippen LogP contribution in [0.5, 0.6) is 0 Å². The van der Waals surface area contributed by atoms with Crippen LogP contribution >= 0.6 is 0 Å². The van der Waals surface area contributed by atoms with Crippen molar-refractivity contribution in [3.63, 3.8) is 0 Å². The number of benzene rings is 1. The summed E-state index contributed by atoms with van der Waals surface area (Å²) in [4.78, 5) is 0. The monoisotopic (exact) mass is 250 g/mol. The van der Waals surface area contributed by atoms with Crippen molar-refractivity contribution in [2.24, 2.45) is 5.41 Å². The van der Waals surface area contributed by atoms with E-state index in [4.69, 9.17) is 9.47 Å². The molecule has 0 aromatic heterocycles. The fraction of sp³-hybridized carbons (Fsp3) is 0.625. The molecule has 0 aliphatic rings. The topological polar surface area (TPSA) is 18.5 Å². The molecule has 0 aliphatic heterocycles. The maximum Gasteiger partial charge on any atom is 0.0700 e. The van der Waals surface area contributed by atoms with Gasteiger partial charge in [-0.05, 0) is 36.8 Å². The molecular formula is C16H26O2. The number of aryl methyl sites for hydroxylation is 1. The molecule has 1 aromatic rings. The van der Waals surface area contributed by atoms with Gasteiger partial charge in [0.2, 0.25) is 0 Å². The van der Waals surface area contributed by atoms with Gasteiger partial charge < -0.3 is 9.47 Å². The Bertz CT molecular complexity index is 345. The smallest absolute Gasteiger partial charge is 0.0700 e. The minimum Gasteiger partial charge on any atom is -0.379 e. The summed E-state index contributed by atoms with van der Waals surface area (Å²) in [7, 11) is 0. The Kier molecular flexibility index (Phi) is 6.37. The lowest BCUT2D eigenvalue weighted by Gasteiger charge is -2.25. The van der Waals surface area contributed by atoms with Gasteiger partial charge in [0, 0.05) is 6.61 Å². The van der Waals surface area contributed by atoms with E-state index >= 15 is 0 Å². The lowest BCUT2D eigenvalue weighted by atomic mass is 9.85. The van der Waals surface area contributed by atoms with Crippen molar-refractivity contribution in [2.45, 2.75) is 34.1 Å². The second-order valence-corrected chi connectivity index (χ2v) is 5.52. The molecule has 0 saturated carbocycles. The molecule has 0 N–H and O–H groups in total. The molecule has 2 nitrogen and oxygen atoms in total. The minimum atomic E-state index is 0.165. The van der Waals surface area contributed by atoms with E-state index in [0.717, 1.165) is 19.6 Å². The second-order valence-electron chi connectivity index (χ2n) is 5.52. The summed E-state index contributed by atoms with van der Waals surface area (Å²) in [5.41, 5.74) is 2.94. The third-order valence-electron chi connectivity index (χ3n) is 3.00. The highest BCUT2D eigenvalue weighted by Gasteiger charge is 2.19. The zero-order valence-corrected chi connectivity index (χ0v) is 12.2. The van der Waals surface area contributed by atoms with E-state index < -0.39 is 0 Å². The van der Waals surface area contributed by atoms with Gasteiger partial charge in [0.1, 0.15) is 0 Å². The van der Waals surface area contributed by atoms with Gasteiger partial charge in [0.25, 0.3) is 0 Å². The van der Waals surface area contributed by atoms with Gasteiger partial charge in [-0.15, -0.1) is 0 Å². The van der Waals surface area contributed by atoms with Crippen molar-refractivity contribution in [2.75, 3.05) is 26.4 Å². The normalized spacial score (nSPS) is 11.8. The van der Waals surface area contributed by atoms with Crippen molar-refractivity contribution in [3.05, 3.63) is 35.4 Å². The van der Waals surface area contributed by atoms with Gasteiger partial charge in [0.15, 0.2) is 0 Å². The number of hydrogen-bond donors (Lipinski definition) is 0.